The fourth-order valence-electron chi connectivity index (χ4n) is 4.83. The number of rotatable bonds is 23. The fourth-order valence-corrected chi connectivity index (χ4v) is 4.83. The summed E-state index contributed by atoms with van der Waals surface area (Å²) < 4.78 is 21.4. The molecule has 1 aromatic carbocycles. The third kappa shape index (κ3) is 15.5. The van der Waals surface area contributed by atoms with Gasteiger partial charge in [0.05, 0.1) is 36.7 Å². The molecule has 1 rings (SSSR count). The van der Waals surface area contributed by atoms with Crippen LogP contribution in [0.1, 0.15) is 66.4 Å². The minimum atomic E-state index is -1.19. The van der Waals surface area contributed by atoms with Crippen molar-refractivity contribution in [3.05, 3.63) is 23.8 Å². The van der Waals surface area contributed by atoms with Gasteiger partial charge >= 0.3 is 6.09 Å². The molecular formula is C32H56N4O11. The van der Waals surface area contributed by atoms with Gasteiger partial charge in [0, 0.05) is 32.6 Å². The van der Waals surface area contributed by atoms with Crippen molar-refractivity contribution in [2.24, 2.45) is 34.8 Å². The molecule has 0 bridgehead atoms. The van der Waals surface area contributed by atoms with Crippen LogP contribution in [0.5, 0.6) is 11.5 Å². The van der Waals surface area contributed by atoms with Gasteiger partial charge in [-0.3, -0.25) is 20.0 Å². The van der Waals surface area contributed by atoms with E-state index in [1.807, 2.05) is 45.9 Å². The number of carbonyl (C=O) groups is 3. The number of hydrogen-bond donors (Lipinski definition) is 6. The number of ether oxygens (including phenoxy) is 4. The number of methoxy groups -OCH3 is 2. The molecule has 0 fully saturated rings. The third-order valence-corrected chi connectivity index (χ3v) is 8.11. The van der Waals surface area contributed by atoms with Gasteiger partial charge < -0.3 is 40.4 Å². The Kier molecular flexibility index (Phi) is 18.6. The minimum Gasteiger partial charge on any atom is -0.493 e. The Morgan fingerprint density at radius 2 is 1.68 bits per heavy atom. The lowest BCUT2D eigenvalue weighted by Gasteiger charge is -2.32. The van der Waals surface area contributed by atoms with Crippen molar-refractivity contribution in [2.75, 3.05) is 40.8 Å². The molecule has 1 aromatic rings. The molecule has 0 radical (unpaired) electrons. The molecule has 15 heteroatoms. The van der Waals surface area contributed by atoms with Crippen molar-refractivity contribution < 1.29 is 53.7 Å². The van der Waals surface area contributed by atoms with E-state index in [2.05, 4.69) is 15.5 Å². The van der Waals surface area contributed by atoms with Crippen molar-refractivity contribution in [2.45, 2.75) is 79.4 Å². The number of amides is 3. The molecule has 270 valence electrons. The molecule has 0 saturated heterocycles. The van der Waals surface area contributed by atoms with Crippen LogP contribution in [-0.4, -0.2) is 91.7 Å². The minimum absolute atomic E-state index is 0.00415. The summed E-state index contributed by atoms with van der Waals surface area (Å²) in [6.45, 7) is 11.2. The highest BCUT2D eigenvalue weighted by molar-refractivity contribution is 5.83. The molecule has 7 N–H and O–H groups in total. The maximum absolute atomic E-state index is 13.2. The smallest absolute Gasteiger partial charge is 0.409 e. The highest BCUT2D eigenvalue weighted by Crippen LogP contribution is 2.32. The van der Waals surface area contributed by atoms with E-state index < -0.39 is 47.7 Å². The van der Waals surface area contributed by atoms with Crippen LogP contribution in [0, 0.1) is 29.1 Å². The Labute approximate surface area is 277 Å². The van der Waals surface area contributed by atoms with Crippen LogP contribution in [0.2, 0.25) is 0 Å². The summed E-state index contributed by atoms with van der Waals surface area (Å²) in [4.78, 5) is 42.0. The van der Waals surface area contributed by atoms with E-state index in [0.717, 1.165) is 5.56 Å². The number of nitrogens with one attached hydrogen (secondary N) is 2. The quantitative estimate of drug-likeness (QED) is 0.0563. The number of nitrogens with two attached hydrogens (primary N) is 1. The number of primary amides is 1. The van der Waals surface area contributed by atoms with Crippen LogP contribution < -0.4 is 25.8 Å². The van der Waals surface area contributed by atoms with Crippen molar-refractivity contribution in [1.82, 2.24) is 16.0 Å². The van der Waals surface area contributed by atoms with Crippen molar-refractivity contribution >= 4 is 17.9 Å². The summed E-state index contributed by atoms with van der Waals surface area (Å²) in [5.41, 5.74) is 5.44. The zero-order valence-electron chi connectivity index (χ0n) is 29.0. The maximum Gasteiger partial charge on any atom is 0.409 e. The monoisotopic (exact) mass is 672 g/mol. The van der Waals surface area contributed by atoms with Gasteiger partial charge in [-0.1, -0.05) is 33.8 Å². The molecular weight excluding hydrogens is 616 g/mol. The second-order valence-electron chi connectivity index (χ2n) is 12.9. The van der Waals surface area contributed by atoms with Crippen LogP contribution in [-0.2, 0) is 30.3 Å². The van der Waals surface area contributed by atoms with Crippen molar-refractivity contribution in [3.8, 4) is 11.5 Å². The molecule has 4 atom stereocenters. The van der Waals surface area contributed by atoms with Crippen LogP contribution in [0.25, 0.3) is 0 Å². The molecule has 0 saturated carbocycles. The lowest BCUT2D eigenvalue weighted by molar-refractivity contribution is -0.503. The van der Waals surface area contributed by atoms with Crippen LogP contribution in [0.4, 0.5) is 4.79 Å². The van der Waals surface area contributed by atoms with Crippen molar-refractivity contribution in [3.63, 3.8) is 0 Å². The Hall–Kier alpha value is -3.21. The summed E-state index contributed by atoms with van der Waals surface area (Å²) >= 11 is 0. The summed E-state index contributed by atoms with van der Waals surface area (Å²) in [6.07, 6.45) is -0.580. The number of benzene rings is 1. The van der Waals surface area contributed by atoms with Gasteiger partial charge in [-0.15, -0.1) is 0 Å². The second kappa shape index (κ2) is 20.9. The lowest BCUT2D eigenvalue weighted by atomic mass is 9.80. The number of aliphatic hydroxyl groups is 1. The Morgan fingerprint density at radius 1 is 1.00 bits per heavy atom. The topological polar surface area (TPSA) is 211 Å². The van der Waals surface area contributed by atoms with Crippen LogP contribution in [0.3, 0.4) is 0 Å². The predicted molar refractivity (Wildman–Crippen MR) is 171 cm³/mol. The SMILES string of the molecule is COCCCOc1cc(CC(CC(NC(=O)OCON(O)O)C(O)CC(C(=O)NCC(C)(C)C(N)=O)C(C)C)C(C)C)ccc1OC. The molecule has 3 amide bonds. The number of alkyl carbamates (subject to hydrolysis) is 1. The molecule has 4 unspecified atom stereocenters. The fraction of sp³-hybridized carbons (Fsp3) is 0.719. The summed E-state index contributed by atoms with van der Waals surface area (Å²) in [5.74, 6) is -0.534. The number of hydrogen-bond acceptors (Lipinski definition) is 12. The Bertz CT molecular complexity index is 1100. The van der Waals surface area contributed by atoms with E-state index in [1.165, 1.54) is 0 Å². The van der Waals surface area contributed by atoms with Crippen molar-refractivity contribution in [1.29, 1.82) is 0 Å². The highest BCUT2D eigenvalue weighted by Gasteiger charge is 2.34. The first kappa shape index (κ1) is 41.8. The first-order valence-electron chi connectivity index (χ1n) is 15.8. The van der Waals surface area contributed by atoms with E-state index >= 15 is 0 Å². The Morgan fingerprint density at radius 3 is 2.23 bits per heavy atom. The maximum atomic E-state index is 13.2. The standard InChI is InChI=1S/C32H56N4O11/c1-20(2)23(14-22-10-11-27(44-8)28(15-22)45-13-9-12-43-7)16-25(35-31(40)46-19-47-36(41)42)26(37)17-24(21(3)4)29(38)34-18-32(5,6)30(33)39/h10-11,15,20-21,23-26,37,41-42H,9,12-14,16-19H2,1-8H3,(H2,33,39)(H,34,38)(H,35,40). The van der Waals surface area contributed by atoms with Gasteiger partial charge in [-0.05, 0) is 68.6 Å². The van der Waals surface area contributed by atoms with E-state index in [-0.39, 0.29) is 36.6 Å². The zero-order valence-corrected chi connectivity index (χ0v) is 29.0. The normalized spacial score (nSPS) is 14.4. The highest BCUT2D eigenvalue weighted by atomic mass is 17.1. The van der Waals surface area contributed by atoms with E-state index in [0.29, 0.717) is 44.0 Å². The third-order valence-electron chi connectivity index (χ3n) is 8.11. The van der Waals surface area contributed by atoms with E-state index in [4.69, 9.17) is 35.1 Å². The van der Waals surface area contributed by atoms with Gasteiger partial charge in [-0.2, -0.15) is 0 Å². The first-order chi connectivity index (χ1) is 22.0. The molecule has 0 aliphatic rings. The first-order valence-corrected chi connectivity index (χ1v) is 15.8. The largest absolute Gasteiger partial charge is 0.493 e. The van der Waals surface area contributed by atoms with E-state index in [1.54, 1.807) is 28.1 Å². The average Bonchev–Trinajstić information content (AvgIpc) is 2.99. The zero-order chi connectivity index (χ0) is 35.7. The molecule has 47 heavy (non-hydrogen) atoms. The Balaban J connectivity index is 3.24. The summed E-state index contributed by atoms with van der Waals surface area (Å²) in [6, 6.07) is 4.81. The predicted octanol–water partition coefficient (Wildman–Crippen LogP) is 3.03. The van der Waals surface area contributed by atoms with Gasteiger partial charge in [0.15, 0.2) is 11.5 Å². The average molecular weight is 673 g/mol. The second-order valence-corrected chi connectivity index (χ2v) is 12.9. The molecule has 0 heterocycles. The number of aliphatic hydroxyl groups excluding tert-OH is 1. The molecule has 0 aliphatic carbocycles. The molecule has 0 spiro atoms. The number of carbonyl (C=O) groups excluding carboxylic acids is 3. The van der Waals surface area contributed by atoms with Crippen LogP contribution in [0.15, 0.2) is 18.2 Å². The number of nitrogens with zero attached hydrogens (tertiary/aromatic N) is 1. The molecule has 0 aliphatic heterocycles. The van der Waals surface area contributed by atoms with E-state index in [9.17, 15) is 19.5 Å². The lowest BCUT2D eigenvalue weighted by Crippen LogP contribution is -2.49. The molecule has 15 nitrogen and oxygen atoms in total. The summed E-state index contributed by atoms with van der Waals surface area (Å²) in [5, 5.41) is 33.8. The summed E-state index contributed by atoms with van der Waals surface area (Å²) in [7, 11) is 3.19. The molecule has 0 aromatic heterocycles. The van der Waals surface area contributed by atoms with Crippen LogP contribution >= 0.6 is 0 Å². The van der Waals surface area contributed by atoms with Gasteiger partial charge in [-0.25, -0.2) is 9.63 Å². The van der Waals surface area contributed by atoms with Gasteiger partial charge in [0.2, 0.25) is 18.6 Å². The van der Waals surface area contributed by atoms with Gasteiger partial charge in [0.25, 0.3) is 0 Å². The van der Waals surface area contributed by atoms with Gasteiger partial charge in [0.1, 0.15) is 0 Å².